The van der Waals surface area contributed by atoms with Gasteiger partial charge in [-0.05, 0) is 77.9 Å². The summed E-state index contributed by atoms with van der Waals surface area (Å²) in [5.41, 5.74) is 10.7. The van der Waals surface area contributed by atoms with Crippen LogP contribution in [0.1, 0.15) is 22.8 Å². The number of hydrogen-bond donors (Lipinski definition) is 0. The highest BCUT2D eigenvalue weighted by Crippen LogP contribution is 2.33. The fourth-order valence-electron chi connectivity index (χ4n) is 6.93. The second-order valence-electron chi connectivity index (χ2n) is 13.6. The second-order valence-corrected chi connectivity index (χ2v) is 14.6. The summed E-state index contributed by atoms with van der Waals surface area (Å²) in [6, 6.07) is 63.9. The lowest BCUT2D eigenvalue weighted by Gasteiger charge is -2.10. The molecule has 0 bridgehead atoms. The molecule has 0 amide bonds. The first-order chi connectivity index (χ1) is 29.7. The second kappa shape index (κ2) is 19.4. The van der Waals surface area contributed by atoms with Gasteiger partial charge in [-0.2, -0.15) is 9.59 Å². The minimum atomic E-state index is 0.250. The summed E-state index contributed by atoms with van der Waals surface area (Å²) in [5.74, 6) is 1.80. The lowest BCUT2D eigenvalue weighted by Crippen LogP contribution is -2.04. The molecule has 7 aromatic carbocycles. The summed E-state index contributed by atoms with van der Waals surface area (Å²) in [4.78, 5) is 30.8. The molecule has 3 heterocycles. The van der Waals surface area contributed by atoms with E-state index < -0.39 is 0 Å². The van der Waals surface area contributed by atoms with Gasteiger partial charge in [-0.3, -0.25) is 9.13 Å². The van der Waals surface area contributed by atoms with Crippen molar-refractivity contribution in [3.63, 3.8) is 0 Å². The van der Waals surface area contributed by atoms with Gasteiger partial charge in [-0.1, -0.05) is 121 Å². The Hall–Kier alpha value is -7.33. The number of thiazole rings is 1. The van der Waals surface area contributed by atoms with Gasteiger partial charge >= 0.3 is 6.15 Å². The summed E-state index contributed by atoms with van der Waals surface area (Å²) in [5, 5.41) is 1.01. The van der Waals surface area contributed by atoms with Gasteiger partial charge in [0.15, 0.2) is 0 Å². The van der Waals surface area contributed by atoms with Crippen LogP contribution >= 0.6 is 11.3 Å². The molecule has 0 aliphatic carbocycles. The van der Waals surface area contributed by atoms with Crippen molar-refractivity contribution in [3.8, 4) is 21.9 Å². The predicted molar refractivity (Wildman–Crippen MR) is 236 cm³/mol. The maximum Gasteiger partial charge on any atom is 0.373 e. The van der Waals surface area contributed by atoms with Gasteiger partial charge < -0.3 is 9.47 Å². The third-order valence-corrected chi connectivity index (χ3v) is 10.7. The first kappa shape index (κ1) is 39.5. The Morgan fingerprint density at radius 1 is 0.450 bits per heavy atom. The van der Waals surface area contributed by atoms with Crippen molar-refractivity contribution in [2.75, 3.05) is 0 Å². The minimum Gasteiger partial charge on any atom is -0.369 e. The van der Waals surface area contributed by atoms with E-state index in [0.29, 0.717) is 26.4 Å². The van der Waals surface area contributed by atoms with Crippen LogP contribution in [0.4, 0.5) is 0 Å². The van der Waals surface area contributed by atoms with E-state index in [1.165, 1.54) is 10.3 Å². The standard InChI is InChI=1S/C28H21N3OS.C21H18N2O.CO2/c1-3-9-20(10-4-1)18-32-19-27-29-24-17-21(28-30-23-13-7-8-14-26(23)33-28)15-16-25(24)31(27)22-11-5-2-6-12-22;1-3-9-17(10-4-1)15-24-16-21-22-19-13-7-8-14-20(19)23(21)18-11-5-2-6-12-18;2-1-3/h1-17H,18-19H2;1-14H,15-16H2;. The zero-order valence-corrected chi connectivity index (χ0v) is 33.3. The van der Waals surface area contributed by atoms with E-state index >= 15 is 0 Å². The molecule has 0 saturated heterocycles. The van der Waals surface area contributed by atoms with Crippen LogP contribution in [-0.2, 0) is 45.5 Å². The molecule has 0 spiro atoms. The van der Waals surface area contributed by atoms with Crippen molar-refractivity contribution in [1.82, 2.24) is 24.1 Å². The van der Waals surface area contributed by atoms with Crippen LogP contribution < -0.4 is 0 Å². The Kier molecular flexibility index (Phi) is 12.8. The Morgan fingerprint density at radius 3 is 1.45 bits per heavy atom. The van der Waals surface area contributed by atoms with Crippen LogP contribution in [0.3, 0.4) is 0 Å². The molecule has 294 valence electrons. The zero-order valence-electron chi connectivity index (χ0n) is 32.5. The fraction of sp³-hybridized carbons (Fsp3) is 0.0800. The normalized spacial score (nSPS) is 10.8. The molecule has 0 radical (unpaired) electrons. The van der Waals surface area contributed by atoms with E-state index in [2.05, 4.69) is 100 Å². The van der Waals surface area contributed by atoms with Crippen LogP contribution in [0, 0.1) is 0 Å². The van der Waals surface area contributed by atoms with E-state index in [-0.39, 0.29) is 6.15 Å². The number of rotatable bonds is 11. The summed E-state index contributed by atoms with van der Waals surface area (Å²) >= 11 is 1.71. The SMILES string of the molecule is O=C=O.c1ccc(COCc2nc3cc(-c4nc5ccccc5s4)ccc3n2-c2ccccc2)cc1.c1ccc(COCc2nc3ccccc3n2-c2ccccc2)cc1. The monoisotopic (exact) mass is 805 g/mol. The van der Waals surface area contributed by atoms with E-state index in [4.69, 9.17) is 34.0 Å². The summed E-state index contributed by atoms with van der Waals surface area (Å²) in [6.07, 6.45) is 0.250. The molecular formula is C50H39N5O4S. The van der Waals surface area contributed by atoms with Gasteiger partial charge in [-0.15, -0.1) is 11.3 Å². The van der Waals surface area contributed by atoms with Gasteiger partial charge in [0, 0.05) is 16.9 Å². The summed E-state index contributed by atoms with van der Waals surface area (Å²) in [7, 11) is 0. The Morgan fingerprint density at radius 2 is 0.900 bits per heavy atom. The molecule has 3 aromatic heterocycles. The van der Waals surface area contributed by atoms with Crippen molar-refractivity contribution in [2.24, 2.45) is 0 Å². The molecule has 10 aromatic rings. The minimum absolute atomic E-state index is 0.250. The average molecular weight is 806 g/mol. The molecule has 0 N–H and O–H groups in total. The first-order valence-corrected chi connectivity index (χ1v) is 20.2. The first-order valence-electron chi connectivity index (χ1n) is 19.4. The largest absolute Gasteiger partial charge is 0.373 e. The lowest BCUT2D eigenvalue weighted by molar-refractivity contribution is -0.191. The number of nitrogens with zero attached hydrogens (tertiary/aromatic N) is 5. The topological polar surface area (TPSA) is 101 Å². The molecule has 0 saturated carbocycles. The number of aromatic nitrogens is 5. The quantitative estimate of drug-likeness (QED) is 0.128. The van der Waals surface area contributed by atoms with Crippen molar-refractivity contribution in [3.05, 3.63) is 211 Å². The number of imidazole rings is 2. The number of para-hydroxylation sites is 5. The van der Waals surface area contributed by atoms with Crippen molar-refractivity contribution in [2.45, 2.75) is 26.4 Å². The van der Waals surface area contributed by atoms with Crippen LogP contribution in [0.25, 0.3) is 54.2 Å². The Balaban J connectivity index is 0.000000163. The molecular weight excluding hydrogens is 767 g/mol. The zero-order chi connectivity index (χ0) is 40.9. The molecule has 0 aliphatic rings. The number of benzene rings is 7. The van der Waals surface area contributed by atoms with Crippen molar-refractivity contribution >= 4 is 49.8 Å². The van der Waals surface area contributed by atoms with Gasteiger partial charge in [-0.25, -0.2) is 15.0 Å². The van der Waals surface area contributed by atoms with Gasteiger partial charge in [0.05, 0.1) is 45.5 Å². The summed E-state index contributed by atoms with van der Waals surface area (Å²) in [6.45, 7) is 2.03. The van der Waals surface area contributed by atoms with E-state index in [9.17, 15) is 0 Å². The third kappa shape index (κ3) is 9.34. The average Bonchev–Trinajstić information content (AvgIpc) is 4.01. The van der Waals surface area contributed by atoms with Gasteiger partial charge in [0.1, 0.15) is 29.9 Å². The molecule has 0 unspecified atom stereocenters. The van der Waals surface area contributed by atoms with Crippen molar-refractivity contribution < 1.29 is 19.1 Å². The maximum absolute atomic E-state index is 8.12. The smallest absolute Gasteiger partial charge is 0.369 e. The molecule has 0 fully saturated rings. The number of ether oxygens (including phenoxy) is 2. The van der Waals surface area contributed by atoms with E-state index in [1.54, 1.807) is 11.3 Å². The van der Waals surface area contributed by atoms with Crippen molar-refractivity contribution in [1.29, 1.82) is 0 Å². The maximum atomic E-state index is 8.12. The predicted octanol–water partition coefficient (Wildman–Crippen LogP) is 11.2. The highest BCUT2D eigenvalue weighted by molar-refractivity contribution is 7.21. The fourth-order valence-corrected chi connectivity index (χ4v) is 7.89. The molecule has 10 rings (SSSR count). The molecule has 0 aliphatic heterocycles. The molecule has 9 nitrogen and oxygen atoms in total. The molecule has 0 atom stereocenters. The van der Waals surface area contributed by atoms with Crippen LogP contribution in [0.5, 0.6) is 0 Å². The Bertz CT molecular complexity index is 2930. The summed E-state index contributed by atoms with van der Waals surface area (Å²) < 4.78 is 17.5. The number of fused-ring (bicyclic) bond motifs is 3. The Labute approximate surface area is 350 Å². The molecule has 10 heteroatoms. The van der Waals surface area contributed by atoms with Crippen LogP contribution in [0.15, 0.2) is 188 Å². The van der Waals surface area contributed by atoms with Crippen LogP contribution in [-0.4, -0.2) is 30.2 Å². The number of carbonyl (C=O) groups excluding carboxylic acids is 2. The highest BCUT2D eigenvalue weighted by atomic mass is 32.1. The third-order valence-electron chi connectivity index (χ3n) is 9.61. The van der Waals surface area contributed by atoms with Gasteiger partial charge in [0.2, 0.25) is 0 Å². The van der Waals surface area contributed by atoms with Gasteiger partial charge in [0.25, 0.3) is 0 Å². The highest BCUT2D eigenvalue weighted by Gasteiger charge is 2.16. The lowest BCUT2D eigenvalue weighted by atomic mass is 10.2. The van der Waals surface area contributed by atoms with E-state index in [1.807, 2.05) is 97.1 Å². The number of hydrogen-bond acceptors (Lipinski definition) is 8. The van der Waals surface area contributed by atoms with E-state index in [0.717, 1.165) is 66.7 Å². The van der Waals surface area contributed by atoms with Crippen LogP contribution in [0.2, 0.25) is 0 Å². The molecule has 60 heavy (non-hydrogen) atoms.